The Hall–Kier alpha value is -1.89. The van der Waals surface area contributed by atoms with Crippen LogP contribution in [0.15, 0.2) is 21.3 Å². The van der Waals surface area contributed by atoms with E-state index in [1.54, 1.807) is 11.3 Å². The van der Waals surface area contributed by atoms with Gasteiger partial charge in [-0.2, -0.15) is 16.3 Å². The number of urea groups is 1. The largest absolute Gasteiger partial charge is 0.339 e. The maximum absolute atomic E-state index is 12.2. The Morgan fingerprint density at radius 1 is 1.30 bits per heavy atom. The average molecular weight is 332 g/mol. The Kier molecular flexibility index (Phi) is 4.03. The van der Waals surface area contributed by atoms with Crippen LogP contribution in [-0.2, 0) is 0 Å². The lowest BCUT2D eigenvalue weighted by Gasteiger charge is -2.38. The highest BCUT2D eigenvalue weighted by molar-refractivity contribution is 7.08. The van der Waals surface area contributed by atoms with Crippen LogP contribution in [0.25, 0.3) is 11.4 Å². The minimum atomic E-state index is 0.0470. The Labute approximate surface area is 138 Å². The number of likely N-dealkylation sites (tertiary alicyclic amines) is 1. The first-order chi connectivity index (χ1) is 11.3. The third kappa shape index (κ3) is 3.10. The highest BCUT2D eigenvalue weighted by atomic mass is 32.1. The number of carbonyl (C=O) groups excluding carboxylic acids is 1. The first kappa shape index (κ1) is 14.7. The molecule has 0 bridgehead atoms. The van der Waals surface area contributed by atoms with E-state index in [-0.39, 0.29) is 11.9 Å². The van der Waals surface area contributed by atoms with Crippen molar-refractivity contribution in [2.75, 3.05) is 13.1 Å². The van der Waals surface area contributed by atoms with Crippen LogP contribution in [0.5, 0.6) is 0 Å². The molecule has 23 heavy (non-hydrogen) atoms. The Morgan fingerprint density at radius 2 is 2.13 bits per heavy atom. The van der Waals surface area contributed by atoms with E-state index in [2.05, 4.69) is 15.5 Å². The second-order valence-electron chi connectivity index (χ2n) is 6.35. The molecule has 1 saturated carbocycles. The highest BCUT2D eigenvalue weighted by Gasteiger charge is 2.36. The number of rotatable bonds is 3. The van der Waals surface area contributed by atoms with E-state index in [0.717, 1.165) is 18.4 Å². The van der Waals surface area contributed by atoms with Crippen molar-refractivity contribution in [2.24, 2.45) is 0 Å². The van der Waals surface area contributed by atoms with Crippen LogP contribution < -0.4 is 5.32 Å². The lowest BCUT2D eigenvalue weighted by atomic mass is 9.95. The summed E-state index contributed by atoms with van der Waals surface area (Å²) in [6.07, 6.45) is 5.96. The first-order valence-electron chi connectivity index (χ1n) is 8.21. The number of nitrogens with zero attached hydrogens (tertiary/aromatic N) is 3. The lowest BCUT2D eigenvalue weighted by Crippen LogP contribution is -2.54. The quantitative estimate of drug-likeness (QED) is 0.936. The molecule has 0 atom stereocenters. The summed E-state index contributed by atoms with van der Waals surface area (Å²) in [7, 11) is 0. The number of thiophene rings is 1. The fourth-order valence-electron chi connectivity index (χ4n) is 3.22. The molecule has 122 valence electrons. The molecule has 2 amide bonds. The molecular formula is C16H20N4O2S. The minimum absolute atomic E-state index is 0.0470. The molecule has 1 aliphatic heterocycles. The predicted octanol–water partition coefficient (Wildman–Crippen LogP) is 3.24. The van der Waals surface area contributed by atoms with Crippen molar-refractivity contribution < 1.29 is 9.32 Å². The molecular weight excluding hydrogens is 312 g/mol. The number of hydrogen-bond donors (Lipinski definition) is 1. The Balaban J connectivity index is 1.30. The monoisotopic (exact) mass is 332 g/mol. The summed E-state index contributed by atoms with van der Waals surface area (Å²) in [5.41, 5.74) is 0.983. The van der Waals surface area contributed by atoms with Gasteiger partial charge < -0.3 is 14.7 Å². The fraction of sp³-hybridized carbons (Fsp3) is 0.562. The van der Waals surface area contributed by atoms with Gasteiger partial charge in [0.15, 0.2) is 0 Å². The molecule has 0 aromatic carbocycles. The molecule has 3 heterocycles. The van der Waals surface area contributed by atoms with Crippen molar-refractivity contribution in [3.63, 3.8) is 0 Å². The molecule has 2 fully saturated rings. The van der Waals surface area contributed by atoms with Gasteiger partial charge in [0.1, 0.15) is 0 Å². The maximum Gasteiger partial charge on any atom is 0.317 e. The van der Waals surface area contributed by atoms with Gasteiger partial charge in [0.25, 0.3) is 0 Å². The molecule has 2 aliphatic rings. The van der Waals surface area contributed by atoms with Gasteiger partial charge in [0.05, 0.1) is 5.92 Å². The average Bonchev–Trinajstić information content (AvgIpc) is 3.17. The molecule has 2 aromatic rings. The standard InChI is InChI=1S/C16H20N4O2S/c21-16(17-13-4-2-1-3-5-13)20-8-12(9-20)15-18-14(19-22-15)11-6-7-23-10-11/h6-7,10,12-13H,1-5,8-9H2,(H,17,21). The van der Waals surface area contributed by atoms with Gasteiger partial charge in [0, 0.05) is 30.1 Å². The summed E-state index contributed by atoms with van der Waals surface area (Å²) in [6, 6.07) is 2.37. The molecule has 7 heteroatoms. The molecule has 0 radical (unpaired) electrons. The number of carbonyl (C=O) groups is 1. The Bertz CT molecular complexity index is 657. The third-order valence-corrected chi connectivity index (χ3v) is 5.36. The molecule has 0 spiro atoms. The van der Waals surface area contributed by atoms with E-state index in [0.29, 0.717) is 30.8 Å². The van der Waals surface area contributed by atoms with E-state index < -0.39 is 0 Å². The van der Waals surface area contributed by atoms with Crippen molar-refractivity contribution in [1.29, 1.82) is 0 Å². The van der Waals surface area contributed by atoms with Crippen molar-refractivity contribution >= 4 is 17.4 Å². The van der Waals surface area contributed by atoms with Gasteiger partial charge in [-0.1, -0.05) is 24.4 Å². The first-order valence-corrected chi connectivity index (χ1v) is 9.15. The van der Waals surface area contributed by atoms with Crippen molar-refractivity contribution in [1.82, 2.24) is 20.4 Å². The number of aromatic nitrogens is 2. The van der Waals surface area contributed by atoms with Crippen LogP contribution in [0.4, 0.5) is 4.79 Å². The van der Waals surface area contributed by atoms with Crippen LogP contribution in [0.1, 0.15) is 43.9 Å². The van der Waals surface area contributed by atoms with Gasteiger partial charge in [0.2, 0.25) is 11.7 Å². The van der Waals surface area contributed by atoms with Crippen molar-refractivity contribution in [3.05, 3.63) is 22.7 Å². The maximum atomic E-state index is 12.2. The third-order valence-electron chi connectivity index (χ3n) is 4.67. The number of amides is 2. The molecule has 2 aromatic heterocycles. The predicted molar refractivity (Wildman–Crippen MR) is 87.3 cm³/mol. The second-order valence-corrected chi connectivity index (χ2v) is 7.13. The smallest absolute Gasteiger partial charge is 0.317 e. The van der Waals surface area contributed by atoms with Crippen LogP contribution >= 0.6 is 11.3 Å². The van der Waals surface area contributed by atoms with Gasteiger partial charge in [-0.3, -0.25) is 0 Å². The van der Waals surface area contributed by atoms with E-state index in [4.69, 9.17) is 4.52 Å². The van der Waals surface area contributed by atoms with Crippen LogP contribution in [0.3, 0.4) is 0 Å². The zero-order valence-electron chi connectivity index (χ0n) is 12.9. The molecule has 6 nitrogen and oxygen atoms in total. The summed E-state index contributed by atoms with van der Waals surface area (Å²) in [5, 5.41) is 11.2. The lowest BCUT2D eigenvalue weighted by molar-refractivity contribution is 0.132. The van der Waals surface area contributed by atoms with Gasteiger partial charge >= 0.3 is 6.03 Å². The SMILES string of the molecule is O=C(NC1CCCCC1)N1CC(c2nc(-c3ccsc3)no2)C1. The van der Waals surface area contributed by atoms with E-state index in [1.165, 1.54) is 19.3 Å². The zero-order valence-corrected chi connectivity index (χ0v) is 13.7. The van der Waals surface area contributed by atoms with Crippen molar-refractivity contribution in [2.45, 2.75) is 44.1 Å². The van der Waals surface area contributed by atoms with E-state index in [1.807, 2.05) is 21.7 Å². The Morgan fingerprint density at radius 3 is 2.87 bits per heavy atom. The minimum Gasteiger partial charge on any atom is -0.339 e. The van der Waals surface area contributed by atoms with Crippen LogP contribution in [0, 0.1) is 0 Å². The summed E-state index contributed by atoms with van der Waals surface area (Å²) >= 11 is 1.61. The molecule has 0 unspecified atom stereocenters. The molecule has 1 saturated heterocycles. The highest BCUT2D eigenvalue weighted by Crippen LogP contribution is 2.28. The van der Waals surface area contributed by atoms with Crippen LogP contribution in [-0.4, -0.2) is 40.2 Å². The summed E-state index contributed by atoms with van der Waals surface area (Å²) in [6.45, 7) is 1.31. The number of nitrogens with one attached hydrogen (secondary N) is 1. The fourth-order valence-corrected chi connectivity index (χ4v) is 3.86. The van der Waals surface area contributed by atoms with Crippen molar-refractivity contribution in [3.8, 4) is 11.4 Å². The van der Waals surface area contributed by atoms with Gasteiger partial charge in [-0.05, 0) is 24.3 Å². The summed E-state index contributed by atoms with van der Waals surface area (Å²) in [5.74, 6) is 1.42. The van der Waals surface area contributed by atoms with Crippen LogP contribution in [0.2, 0.25) is 0 Å². The normalized spacial score (nSPS) is 19.6. The summed E-state index contributed by atoms with van der Waals surface area (Å²) in [4.78, 5) is 18.5. The molecule has 4 rings (SSSR count). The van der Waals surface area contributed by atoms with Gasteiger partial charge in [-0.15, -0.1) is 0 Å². The van der Waals surface area contributed by atoms with Gasteiger partial charge in [-0.25, -0.2) is 4.79 Å². The van der Waals surface area contributed by atoms with E-state index in [9.17, 15) is 4.79 Å². The summed E-state index contributed by atoms with van der Waals surface area (Å²) < 4.78 is 5.36. The van der Waals surface area contributed by atoms with E-state index >= 15 is 0 Å². The molecule has 1 N–H and O–H groups in total. The number of hydrogen-bond acceptors (Lipinski definition) is 5. The second kappa shape index (κ2) is 6.31. The zero-order chi connectivity index (χ0) is 15.6. The topological polar surface area (TPSA) is 71.3 Å². The molecule has 1 aliphatic carbocycles.